The normalized spacial score (nSPS) is 21.5. The van der Waals surface area contributed by atoms with Gasteiger partial charge in [-0.25, -0.2) is 14.5 Å². The first kappa shape index (κ1) is 22.1. The Balaban J connectivity index is 1.59. The van der Waals surface area contributed by atoms with E-state index < -0.39 is 29.1 Å². The molecule has 1 saturated carbocycles. The number of nitrogens with zero attached hydrogens (tertiary/aromatic N) is 3. The van der Waals surface area contributed by atoms with Crippen molar-refractivity contribution in [2.45, 2.75) is 44.1 Å². The van der Waals surface area contributed by atoms with Crippen molar-refractivity contribution in [2.75, 3.05) is 4.90 Å². The van der Waals surface area contributed by atoms with E-state index in [2.05, 4.69) is 27.7 Å². The zero-order chi connectivity index (χ0) is 23.9. The number of carboxylic acid groups (broad SMARTS) is 1. The summed E-state index contributed by atoms with van der Waals surface area (Å²) in [6.45, 7) is 5.34. The Morgan fingerprint density at radius 3 is 2.64 bits per heavy atom. The molecule has 2 aliphatic rings. The van der Waals surface area contributed by atoms with Crippen molar-refractivity contribution in [2.24, 2.45) is 0 Å². The van der Waals surface area contributed by atoms with E-state index in [1.165, 1.54) is 4.68 Å². The maximum atomic E-state index is 13.3. The van der Waals surface area contributed by atoms with Crippen molar-refractivity contribution in [3.8, 4) is 0 Å². The Labute approximate surface area is 207 Å². The van der Waals surface area contributed by atoms with Crippen LogP contribution in [0.4, 0.5) is 15.3 Å². The molecule has 33 heavy (non-hydrogen) atoms. The number of halogens is 2. The van der Waals surface area contributed by atoms with Crippen LogP contribution in [0.2, 0.25) is 5.02 Å². The van der Waals surface area contributed by atoms with Gasteiger partial charge in [0.2, 0.25) is 5.91 Å². The lowest BCUT2D eigenvalue weighted by Crippen LogP contribution is -2.36. The van der Waals surface area contributed by atoms with Gasteiger partial charge < -0.3 is 9.84 Å². The molecule has 10 heteroatoms. The minimum absolute atomic E-state index is 0.254. The second kappa shape index (κ2) is 7.17. The van der Waals surface area contributed by atoms with Crippen LogP contribution in [-0.2, 0) is 14.9 Å². The minimum atomic E-state index is -1.32. The predicted molar refractivity (Wildman–Crippen MR) is 130 cm³/mol. The topological polar surface area (TPSA) is 102 Å². The number of anilines is 1. The highest BCUT2D eigenvalue weighted by Crippen LogP contribution is 2.66. The van der Waals surface area contributed by atoms with Crippen LogP contribution in [0.15, 0.2) is 36.4 Å². The fraction of sp³-hybridized carbons (Fsp3) is 0.304. The van der Waals surface area contributed by atoms with E-state index in [1.54, 1.807) is 39.0 Å². The SMILES string of the molecule is CC(C)(C)OC(=O)n1nc(I)c2ccc(C3CC34C(=O)N(C(=O)O)c3ccc(Cl)cc34)cc21. The summed E-state index contributed by atoms with van der Waals surface area (Å²) in [6.07, 6.45) is -1.46. The van der Waals surface area contributed by atoms with Crippen LogP contribution in [0.25, 0.3) is 10.9 Å². The first-order chi connectivity index (χ1) is 15.4. The Morgan fingerprint density at radius 2 is 1.97 bits per heavy atom. The molecule has 1 aliphatic carbocycles. The van der Waals surface area contributed by atoms with Gasteiger partial charge in [0.15, 0.2) is 0 Å². The molecule has 0 radical (unpaired) electrons. The van der Waals surface area contributed by atoms with Gasteiger partial charge in [-0.05, 0) is 91.2 Å². The average molecular weight is 580 g/mol. The molecule has 1 aliphatic heterocycles. The molecule has 2 heterocycles. The van der Waals surface area contributed by atoms with Gasteiger partial charge in [-0.1, -0.05) is 17.7 Å². The van der Waals surface area contributed by atoms with E-state index in [-0.39, 0.29) is 5.92 Å². The monoisotopic (exact) mass is 579 g/mol. The zero-order valence-electron chi connectivity index (χ0n) is 17.9. The molecular weight excluding hydrogens is 561 g/mol. The van der Waals surface area contributed by atoms with Crippen LogP contribution in [-0.4, -0.2) is 38.6 Å². The molecule has 2 unspecified atom stereocenters. The smallest absolute Gasteiger partial charge is 0.435 e. The van der Waals surface area contributed by atoms with Crippen LogP contribution in [0.3, 0.4) is 0 Å². The number of ether oxygens (including phenoxy) is 1. The maximum absolute atomic E-state index is 13.3. The Kier molecular flexibility index (Phi) is 4.81. The summed E-state index contributed by atoms with van der Waals surface area (Å²) in [5.74, 6) is -0.733. The lowest BCUT2D eigenvalue weighted by atomic mass is 9.92. The highest BCUT2D eigenvalue weighted by molar-refractivity contribution is 14.1. The van der Waals surface area contributed by atoms with Crippen molar-refractivity contribution in [1.82, 2.24) is 9.78 Å². The van der Waals surface area contributed by atoms with E-state index in [4.69, 9.17) is 16.3 Å². The van der Waals surface area contributed by atoms with Gasteiger partial charge >= 0.3 is 12.2 Å². The predicted octanol–water partition coefficient (Wildman–Crippen LogP) is 5.53. The highest BCUT2D eigenvalue weighted by Gasteiger charge is 2.68. The summed E-state index contributed by atoms with van der Waals surface area (Å²) in [7, 11) is 0. The molecule has 170 valence electrons. The number of amides is 2. The first-order valence-corrected chi connectivity index (χ1v) is 11.7. The van der Waals surface area contributed by atoms with Gasteiger partial charge in [0, 0.05) is 16.3 Å². The van der Waals surface area contributed by atoms with E-state index in [9.17, 15) is 19.5 Å². The van der Waals surface area contributed by atoms with Gasteiger partial charge in [0.1, 0.15) is 9.30 Å². The molecule has 8 nitrogen and oxygen atoms in total. The van der Waals surface area contributed by atoms with E-state index in [0.29, 0.717) is 31.9 Å². The van der Waals surface area contributed by atoms with Gasteiger partial charge in [-0.3, -0.25) is 4.79 Å². The van der Waals surface area contributed by atoms with Gasteiger partial charge in [-0.15, -0.1) is 0 Å². The summed E-state index contributed by atoms with van der Waals surface area (Å²) in [5.41, 5.74) is 0.668. The van der Waals surface area contributed by atoms with E-state index in [0.717, 1.165) is 15.8 Å². The number of benzene rings is 2. The second-order valence-electron chi connectivity index (χ2n) is 9.27. The third-order valence-corrected chi connectivity index (χ3v) is 7.08. The van der Waals surface area contributed by atoms with Crippen molar-refractivity contribution in [3.05, 3.63) is 56.2 Å². The molecule has 1 N–H and O–H groups in total. The average Bonchev–Trinajstić information content (AvgIpc) is 3.32. The molecule has 2 atom stereocenters. The first-order valence-electron chi connectivity index (χ1n) is 10.2. The highest BCUT2D eigenvalue weighted by atomic mass is 127. The molecule has 1 fully saturated rings. The van der Waals surface area contributed by atoms with Gasteiger partial charge in [0.05, 0.1) is 16.6 Å². The largest absolute Gasteiger partial charge is 0.464 e. The Bertz CT molecular complexity index is 1380. The number of imide groups is 1. The number of carbonyl (C=O) groups excluding carboxylic acids is 2. The molecule has 3 aromatic rings. The molecule has 0 saturated heterocycles. The number of hydrogen-bond donors (Lipinski definition) is 1. The number of carbonyl (C=O) groups is 3. The summed E-state index contributed by atoms with van der Waals surface area (Å²) in [4.78, 5) is 38.7. The van der Waals surface area contributed by atoms with Crippen LogP contribution in [0, 0.1) is 3.70 Å². The third kappa shape index (κ3) is 3.31. The molecule has 2 amide bonds. The standard InChI is InChI=1S/C23H19ClIN3O5/c1-22(2,3)33-21(32)28-17-8-11(4-6-13(17)18(25)26-28)15-10-23(15)14-9-12(24)5-7-16(14)27(19(23)29)20(30)31/h4-9,15H,10H2,1-3H3,(H,30,31). The van der Waals surface area contributed by atoms with Crippen LogP contribution in [0.1, 0.15) is 44.2 Å². The van der Waals surface area contributed by atoms with Crippen molar-refractivity contribution in [3.63, 3.8) is 0 Å². The van der Waals surface area contributed by atoms with E-state index >= 15 is 0 Å². The number of rotatable bonds is 1. The maximum Gasteiger partial charge on any atom is 0.435 e. The fourth-order valence-electron chi connectivity index (χ4n) is 4.63. The number of hydrogen-bond acceptors (Lipinski definition) is 5. The fourth-order valence-corrected chi connectivity index (χ4v) is 5.47. The Hall–Kier alpha value is -2.66. The number of fused-ring (bicyclic) bond motifs is 3. The van der Waals surface area contributed by atoms with Crippen molar-refractivity contribution < 1.29 is 24.2 Å². The zero-order valence-corrected chi connectivity index (χ0v) is 20.8. The number of aromatic nitrogens is 2. The molecule has 5 rings (SSSR count). The molecule has 1 aromatic heterocycles. The van der Waals surface area contributed by atoms with Crippen LogP contribution >= 0.6 is 34.2 Å². The Morgan fingerprint density at radius 1 is 1.24 bits per heavy atom. The quantitative estimate of drug-likeness (QED) is 0.381. The minimum Gasteiger partial charge on any atom is -0.464 e. The van der Waals surface area contributed by atoms with Gasteiger partial charge in [0.25, 0.3) is 0 Å². The lowest BCUT2D eigenvalue weighted by Gasteiger charge is -2.19. The van der Waals surface area contributed by atoms with Crippen LogP contribution in [0.5, 0.6) is 0 Å². The van der Waals surface area contributed by atoms with Crippen LogP contribution < -0.4 is 4.90 Å². The molecule has 2 aromatic carbocycles. The molecule has 1 spiro atoms. The third-order valence-electron chi connectivity index (χ3n) is 6.05. The van der Waals surface area contributed by atoms with Gasteiger partial charge in [-0.2, -0.15) is 9.78 Å². The lowest BCUT2D eigenvalue weighted by molar-refractivity contribution is -0.119. The molecule has 0 bridgehead atoms. The van der Waals surface area contributed by atoms with Crippen molar-refractivity contribution in [1.29, 1.82) is 0 Å². The van der Waals surface area contributed by atoms with Crippen molar-refractivity contribution >= 4 is 68.9 Å². The van der Waals surface area contributed by atoms with E-state index in [1.807, 2.05) is 18.2 Å². The second-order valence-corrected chi connectivity index (χ2v) is 10.7. The summed E-state index contributed by atoms with van der Waals surface area (Å²) in [6, 6.07) is 10.4. The summed E-state index contributed by atoms with van der Waals surface area (Å²) in [5, 5.41) is 15.2. The summed E-state index contributed by atoms with van der Waals surface area (Å²) >= 11 is 8.26. The molecular formula is C23H19ClIN3O5. The summed E-state index contributed by atoms with van der Waals surface area (Å²) < 4.78 is 7.37.